The molecule has 0 spiro atoms. The second kappa shape index (κ2) is 7.20. The molecule has 2 heterocycles. The molecule has 3 amide bonds. The molecule has 1 aromatic heterocycles. The lowest BCUT2D eigenvalue weighted by molar-refractivity contribution is -0.132. The number of aromatic amines is 1. The number of amides is 3. The highest BCUT2D eigenvalue weighted by molar-refractivity contribution is 6.14. The van der Waals surface area contributed by atoms with E-state index in [0.717, 1.165) is 21.4 Å². The largest absolute Gasteiger partial charge is 0.360 e. The topological polar surface area (TPSA) is 82.3 Å². The number of rotatable bonds is 6. The molecule has 0 aliphatic carbocycles. The molecule has 1 aliphatic heterocycles. The van der Waals surface area contributed by atoms with Crippen LogP contribution in [0.1, 0.15) is 36.2 Å². The number of nitrogens with one attached hydrogen (secondary N) is 2. The van der Waals surface area contributed by atoms with Gasteiger partial charge in [0.1, 0.15) is 5.54 Å². The van der Waals surface area contributed by atoms with Gasteiger partial charge in [0.15, 0.2) is 5.78 Å². The van der Waals surface area contributed by atoms with Crippen LogP contribution in [0.2, 0.25) is 0 Å². The van der Waals surface area contributed by atoms with Crippen LogP contribution in [-0.4, -0.2) is 34.2 Å². The number of H-pyrrole nitrogens is 1. The van der Waals surface area contributed by atoms with Crippen LogP contribution >= 0.6 is 0 Å². The van der Waals surface area contributed by atoms with Crippen molar-refractivity contribution in [2.45, 2.75) is 25.8 Å². The van der Waals surface area contributed by atoms with E-state index in [4.69, 9.17) is 0 Å². The van der Waals surface area contributed by atoms with Crippen molar-refractivity contribution < 1.29 is 14.4 Å². The third-order valence-corrected chi connectivity index (χ3v) is 5.35. The standard InChI is InChI=1S/C23H23N3O3/c1-15(2)12-23(16-8-4-3-5-9-16)21(28)26(22(29)25-23)14-20(27)18-13-24-19-11-7-6-10-17(18)19/h3-11,13,15,24H,12,14H2,1-2H3,(H,25,29)/t23-/m0/s1. The Balaban J connectivity index is 1.66. The zero-order valence-corrected chi connectivity index (χ0v) is 16.4. The van der Waals surface area contributed by atoms with Gasteiger partial charge in [-0.25, -0.2) is 4.79 Å². The lowest BCUT2D eigenvalue weighted by Gasteiger charge is -2.29. The minimum atomic E-state index is -1.15. The van der Waals surface area contributed by atoms with Gasteiger partial charge in [0.05, 0.1) is 6.54 Å². The fourth-order valence-corrected chi connectivity index (χ4v) is 4.09. The van der Waals surface area contributed by atoms with Crippen LogP contribution in [0, 0.1) is 5.92 Å². The Morgan fingerprint density at radius 2 is 1.72 bits per heavy atom. The van der Waals surface area contributed by atoms with Crippen LogP contribution in [0.4, 0.5) is 4.79 Å². The SMILES string of the molecule is CC(C)C[C@@]1(c2ccccc2)NC(=O)N(CC(=O)c2c[nH]c3ccccc23)C1=O. The lowest BCUT2D eigenvalue weighted by atomic mass is 9.82. The Morgan fingerprint density at radius 1 is 1.03 bits per heavy atom. The molecular formula is C23H23N3O3. The first-order chi connectivity index (χ1) is 13.9. The van der Waals surface area contributed by atoms with E-state index < -0.39 is 11.6 Å². The number of hydrogen-bond acceptors (Lipinski definition) is 3. The van der Waals surface area contributed by atoms with Crippen LogP contribution < -0.4 is 5.32 Å². The van der Waals surface area contributed by atoms with Crippen molar-refractivity contribution in [2.75, 3.05) is 6.54 Å². The summed E-state index contributed by atoms with van der Waals surface area (Å²) in [6.45, 7) is 3.72. The van der Waals surface area contributed by atoms with Gasteiger partial charge in [0, 0.05) is 22.7 Å². The van der Waals surface area contributed by atoms with E-state index in [-0.39, 0.29) is 24.2 Å². The maximum atomic E-state index is 13.4. The molecule has 29 heavy (non-hydrogen) atoms. The van der Waals surface area contributed by atoms with Crippen molar-refractivity contribution in [2.24, 2.45) is 5.92 Å². The first-order valence-corrected chi connectivity index (χ1v) is 9.71. The maximum absolute atomic E-state index is 13.4. The van der Waals surface area contributed by atoms with E-state index in [1.54, 1.807) is 6.20 Å². The van der Waals surface area contributed by atoms with Crippen LogP contribution in [0.15, 0.2) is 60.8 Å². The highest BCUT2D eigenvalue weighted by Crippen LogP contribution is 2.35. The molecule has 148 valence electrons. The summed E-state index contributed by atoms with van der Waals surface area (Å²) in [5.74, 6) is -0.487. The Labute approximate surface area is 168 Å². The monoisotopic (exact) mass is 389 g/mol. The summed E-state index contributed by atoms with van der Waals surface area (Å²) in [6.07, 6.45) is 2.09. The molecule has 6 nitrogen and oxygen atoms in total. The van der Waals surface area contributed by atoms with Crippen molar-refractivity contribution in [3.8, 4) is 0 Å². The number of nitrogens with zero attached hydrogens (tertiary/aromatic N) is 1. The van der Waals surface area contributed by atoms with Gasteiger partial charge in [-0.05, 0) is 24.0 Å². The first-order valence-electron chi connectivity index (χ1n) is 9.71. The second-order valence-electron chi connectivity index (χ2n) is 7.86. The number of aromatic nitrogens is 1. The summed E-state index contributed by atoms with van der Waals surface area (Å²) in [5, 5.41) is 3.66. The molecule has 6 heteroatoms. The summed E-state index contributed by atoms with van der Waals surface area (Å²) in [5.41, 5.74) is 0.898. The number of ketones is 1. The van der Waals surface area contributed by atoms with Gasteiger partial charge >= 0.3 is 6.03 Å². The minimum Gasteiger partial charge on any atom is -0.360 e. The number of fused-ring (bicyclic) bond motifs is 1. The van der Waals surface area contributed by atoms with E-state index >= 15 is 0 Å². The van der Waals surface area contributed by atoms with Gasteiger partial charge in [-0.2, -0.15) is 0 Å². The fraction of sp³-hybridized carbons (Fsp3) is 0.261. The maximum Gasteiger partial charge on any atom is 0.325 e. The first kappa shape index (κ1) is 18.9. The molecule has 1 aliphatic rings. The summed E-state index contributed by atoms with van der Waals surface area (Å²) >= 11 is 0. The van der Waals surface area contributed by atoms with Gasteiger partial charge in [-0.15, -0.1) is 0 Å². The third-order valence-electron chi connectivity index (χ3n) is 5.35. The van der Waals surface area contributed by atoms with Crippen LogP contribution in [0.25, 0.3) is 10.9 Å². The van der Waals surface area contributed by atoms with Gasteiger partial charge in [-0.1, -0.05) is 62.4 Å². The van der Waals surface area contributed by atoms with Crippen molar-refractivity contribution in [3.05, 3.63) is 71.9 Å². The van der Waals surface area contributed by atoms with Gasteiger partial charge in [0.25, 0.3) is 5.91 Å². The second-order valence-corrected chi connectivity index (χ2v) is 7.86. The third kappa shape index (κ3) is 3.20. The molecule has 0 saturated carbocycles. The normalized spacial score (nSPS) is 19.2. The molecule has 1 atom stereocenters. The molecule has 2 aromatic carbocycles. The van der Waals surface area contributed by atoms with E-state index in [0.29, 0.717) is 12.0 Å². The van der Waals surface area contributed by atoms with E-state index in [2.05, 4.69) is 10.3 Å². The lowest BCUT2D eigenvalue weighted by Crippen LogP contribution is -2.45. The Bertz CT molecular complexity index is 1090. The number of carbonyl (C=O) groups is 3. The molecule has 0 bridgehead atoms. The number of Topliss-reactive ketones (excluding diaryl/α,β-unsaturated/α-hetero) is 1. The van der Waals surface area contributed by atoms with Crippen molar-refractivity contribution in [1.29, 1.82) is 0 Å². The summed E-state index contributed by atoms with van der Waals surface area (Å²) in [7, 11) is 0. The van der Waals surface area contributed by atoms with Crippen molar-refractivity contribution >= 4 is 28.6 Å². The van der Waals surface area contributed by atoms with Crippen molar-refractivity contribution in [1.82, 2.24) is 15.2 Å². The number of hydrogen-bond donors (Lipinski definition) is 2. The number of carbonyl (C=O) groups excluding carboxylic acids is 3. The summed E-state index contributed by atoms with van der Waals surface area (Å²) in [6, 6.07) is 16.2. The highest BCUT2D eigenvalue weighted by atomic mass is 16.2. The average molecular weight is 389 g/mol. The zero-order valence-electron chi connectivity index (χ0n) is 16.4. The molecule has 1 saturated heterocycles. The van der Waals surface area contributed by atoms with Crippen LogP contribution in [-0.2, 0) is 10.3 Å². The molecule has 1 fully saturated rings. The fourth-order valence-electron chi connectivity index (χ4n) is 4.09. The zero-order chi connectivity index (χ0) is 20.6. The predicted molar refractivity (Wildman–Crippen MR) is 110 cm³/mol. The number of imide groups is 1. The Morgan fingerprint density at radius 3 is 2.45 bits per heavy atom. The molecule has 2 N–H and O–H groups in total. The molecule has 4 rings (SSSR count). The highest BCUT2D eigenvalue weighted by Gasteiger charge is 2.52. The van der Waals surface area contributed by atoms with Gasteiger partial charge < -0.3 is 10.3 Å². The Hall–Kier alpha value is -3.41. The van der Waals surface area contributed by atoms with Crippen LogP contribution in [0.5, 0.6) is 0 Å². The summed E-state index contributed by atoms with van der Waals surface area (Å²) < 4.78 is 0. The van der Waals surface area contributed by atoms with Crippen LogP contribution in [0.3, 0.4) is 0 Å². The minimum absolute atomic E-state index is 0.170. The van der Waals surface area contributed by atoms with Crippen molar-refractivity contribution in [3.63, 3.8) is 0 Å². The average Bonchev–Trinajstić information content (AvgIpc) is 3.24. The molecule has 3 aromatic rings. The van der Waals surface area contributed by atoms with Gasteiger partial charge in [0.2, 0.25) is 0 Å². The van der Waals surface area contributed by atoms with E-state index in [1.807, 2.05) is 68.4 Å². The number of benzene rings is 2. The summed E-state index contributed by atoms with van der Waals surface area (Å²) in [4.78, 5) is 43.2. The van der Waals surface area contributed by atoms with E-state index in [1.165, 1.54) is 0 Å². The van der Waals surface area contributed by atoms with Gasteiger partial charge in [-0.3, -0.25) is 14.5 Å². The smallest absolute Gasteiger partial charge is 0.325 e. The number of para-hydroxylation sites is 1. The number of urea groups is 1. The van der Waals surface area contributed by atoms with E-state index in [9.17, 15) is 14.4 Å². The molecule has 0 unspecified atom stereocenters. The molecular weight excluding hydrogens is 366 g/mol. The molecule has 0 radical (unpaired) electrons. The Kier molecular flexibility index (Phi) is 4.70. The quantitative estimate of drug-likeness (QED) is 0.496. The predicted octanol–water partition coefficient (Wildman–Crippen LogP) is 3.84.